The minimum Gasteiger partial charge on any atom is -0.327 e. The summed E-state index contributed by atoms with van der Waals surface area (Å²) in [6.07, 6.45) is 8.04. The van der Waals surface area contributed by atoms with E-state index in [0.29, 0.717) is 23.0 Å². The smallest absolute Gasteiger partial charge is 0.130 e. The fourth-order valence-electron chi connectivity index (χ4n) is 2.64. The van der Waals surface area contributed by atoms with Gasteiger partial charge in [-0.3, -0.25) is 0 Å². The zero-order valence-corrected chi connectivity index (χ0v) is 11.2. The summed E-state index contributed by atoms with van der Waals surface area (Å²) in [6, 6.07) is 4.63. The van der Waals surface area contributed by atoms with Crippen LogP contribution < -0.4 is 5.73 Å². The largest absolute Gasteiger partial charge is 0.327 e. The van der Waals surface area contributed by atoms with Gasteiger partial charge in [-0.2, -0.15) is 0 Å². The lowest BCUT2D eigenvalue weighted by Crippen LogP contribution is -2.16. The van der Waals surface area contributed by atoms with Gasteiger partial charge in [0.05, 0.1) is 0 Å². The Labute approximate surface area is 113 Å². The molecule has 3 heteroatoms. The third-order valence-electron chi connectivity index (χ3n) is 3.66. The van der Waals surface area contributed by atoms with Crippen molar-refractivity contribution >= 4 is 17.7 Å². The van der Waals surface area contributed by atoms with Crippen molar-refractivity contribution in [3.05, 3.63) is 40.2 Å². The summed E-state index contributed by atoms with van der Waals surface area (Å²) in [7, 11) is 0. The van der Waals surface area contributed by atoms with Gasteiger partial charge >= 0.3 is 0 Å². The van der Waals surface area contributed by atoms with E-state index in [1.54, 1.807) is 12.1 Å². The SMILES string of the molecule is NC/C(=C/c1cc(Cl)ccc1F)C1CCCCC1. The zero-order valence-electron chi connectivity index (χ0n) is 10.5. The molecule has 1 aromatic rings. The normalized spacial score (nSPS) is 18.1. The first-order chi connectivity index (χ1) is 8.70. The van der Waals surface area contributed by atoms with Crippen LogP contribution in [0.5, 0.6) is 0 Å². The van der Waals surface area contributed by atoms with E-state index in [2.05, 4.69) is 0 Å². The summed E-state index contributed by atoms with van der Waals surface area (Å²) in [5.74, 6) is 0.281. The quantitative estimate of drug-likeness (QED) is 0.863. The van der Waals surface area contributed by atoms with Crippen LogP contribution in [0.3, 0.4) is 0 Å². The number of halogens is 2. The van der Waals surface area contributed by atoms with Crippen molar-refractivity contribution in [2.24, 2.45) is 11.7 Å². The van der Waals surface area contributed by atoms with Gasteiger partial charge in [-0.15, -0.1) is 0 Å². The van der Waals surface area contributed by atoms with E-state index in [9.17, 15) is 4.39 Å². The van der Waals surface area contributed by atoms with Crippen LogP contribution in [-0.4, -0.2) is 6.54 Å². The van der Waals surface area contributed by atoms with E-state index in [1.807, 2.05) is 6.08 Å². The van der Waals surface area contributed by atoms with Gasteiger partial charge in [0.2, 0.25) is 0 Å². The molecule has 1 nitrogen and oxygen atoms in total. The molecular formula is C15H19ClFN. The summed E-state index contributed by atoms with van der Waals surface area (Å²) < 4.78 is 13.7. The Morgan fingerprint density at radius 3 is 2.72 bits per heavy atom. The van der Waals surface area contributed by atoms with Crippen molar-refractivity contribution in [1.82, 2.24) is 0 Å². The highest BCUT2D eigenvalue weighted by molar-refractivity contribution is 6.30. The number of hydrogen-bond donors (Lipinski definition) is 1. The number of hydrogen-bond acceptors (Lipinski definition) is 1. The molecule has 0 bridgehead atoms. The minimum atomic E-state index is -0.235. The van der Waals surface area contributed by atoms with Gasteiger partial charge in [0.1, 0.15) is 5.82 Å². The Hall–Kier alpha value is -0.860. The highest BCUT2D eigenvalue weighted by Gasteiger charge is 2.17. The molecule has 18 heavy (non-hydrogen) atoms. The van der Waals surface area contributed by atoms with Crippen molar-refractivity contribution in [2.75, 3.05) is 6.54 Å². The molecule has 0 aliphatic heterocycles. The molecule has 0 radical (unpaired) electrons. The Balaban J connectivity index is 2.24. The molecule has 1 aliphatic rings. The third-order valence-corrected chi connectivity index (χ3v) is 3.90. The maximum atomic E-state index is 13.7. The van der Waals surface area contributed by atoms with E-state index in [4.69, 9.17) is 17.3 Å². The number of nitrogens with two attached hydrogens (primary N) is 1. The molecule has 0 saturated heterocycles. The molecular weight excluding hydrogens is 249 g/mol. The van der Waals surface area contributed by atoms with Crippen molar-refractivity contribution in [2.45, 2.75) is 32.1 Å². The number of rotatable bonds is 3. The summed E-state index contributed by atoms with van der Waals surface area (Å²) in [4.78, 5) is 0. The molecule has 0 amide bonds. The van der Waals surface area contributed by atoms with Crippen LogP contribution in [0.1, 0.15) is 37.7 Å². The van der Waals surface area contributed by atoms with Crippen molar-refractivity contribution in [1.29, 1.82) is 0 Å². The first-order valence-corrected chi connectivity index (χ1v) is 6.94. The molecule has 1 fully saturated rings. The lowest BCUT2D eigenvalue weighted by Gasteiger charge is -2.24. The zero-order chi connectivity index (χ0) is 13.0. The second kappa shape index (κ2) is 6.35. The van der Waals surface area contributed by atoms with Gasteiger partial charge < -0.3 is 5.73 Å². The van der Waals surface area contributed by atoms with Crippen LogP contribution in [0, 0.1) is 11.7 Å². The van der Waals surface area contributed by atoms with Crippen LogP contribution >= 0.6 is 11.6 Å². The fraction of sp³-hybridized carbons (Fsp3) is 0.467. The highest BCUT2D eigenvalue weighted by Crippen LogP contribution is 2.31. The molecule has 1 aliphatic carbocycles. The Morgan fingerprint density at radius 2 is 2.06 bits per heavy atom. The molecule has 98 valence electrons. The Bertz CT molecular complexity index is 436. The van der Waals surface area contributed by atoms with Crippen LogP contribution in [0.25, 0.3) is 6.08 Å². The maximum Gasteiger partial charge on any atom is 0.130 e. The maximum absolute atomic E-state index is 13.7. The monoisotopic (exact) mass is 267 g/mol. The summed E-state index contributed by atoms with van der Waals surface area (Å²) >= 11 is 5.90. The molecule has 2 rings (SSSR count). The van der Waals surface area contributed by atoms with E-state index < -0.39 is 0 Å². The molecule has 0 spiro atoms. The van der Waals surface area contributed by atoms with Crippen LogP contribution in [-0.2, 0) is 0 Å². The summed E-state index contributed by atoms with van der Waals surface area (Å²) in [5.41, 5.74) is 7.51. The van der Waals surface area contributed by atoms with Gasteiger partial charge in [0.15, 0.2) is 0 Å². The lowest BCUT2D eigenvalue weighted by molar-refractivity contribution is 0.401. The van der Waals surface area contributed by atoms with Crippen molar-refractivity contribution in [3.8, 4) is 0 Å². The minimum absolute atomic E-state index is 0.235. The Morgan fingerprint density at radius 1 is 1.33 bits per heavy atom. The van der Waals surface area contributed by atoms with Gasteiger partial charge in [-0.1, -0.05) is 42.5 Å². The second-order valence-electron chi connectivity index (χ2n) is 4.92. The summed E-state index contributed by atoms with van der Waals surface area (Å²) in [5, 5.41) is 0.558. The molecule has 0 heterocycles. The molecule has 0 aromatic heterocycles. The third kappa shape index (κ3) is 3.33. The van der Waals surface area contributed by atoms with Crippen LogP contribution in [0.2, 0.25) is 5.02 Å². The molecule has 0 unspecified atom stereocenters. The van der Waals surface area contributed by atoms with Crippen LogP contribution in [0.15, 0.2) is 23.8 Å². The van der Waals surface area contributed by atoms with Crippen LogP contribution in [0.4, 0.5) is 4.39 Å². The Kier molecular flexibility index (Phi) is 4.79. The van der Waals surface area contributed by atoms with E-state index >= 15 is 0 Å². The van der Waals surface area contributed by atoms with E-state index in [-0.39, 0.29) is 5.82 Å². The predicted octanol–water partition coefficient (Wildman–Crippen LogP) is 4.40. The van der Waals surface area contributed by atoms with Gasteiger partial charge in [0, 0.05) is 17.1 Å². The molecule has 0 atom stereocenters. The van der Waals surface area contributed by atoms with Gasteiger partial charge in [-0.05, 0) is 37.0 Å². The van der Waals surface area contributed by atoms with Crippen molar-refractivity contribution < 1.29 is 4.39 Å². The molecule has 1 aromatic carbocycles. The fourth-order valence-corrected chi connectivity index (χ4v) is 2.82. The second-order valence-corrected chi connectivity index (χ2v) is 5.36. The van der Waals surface area contributed by atoms with E-state index in [1.165, 1.54) is 38.2 Å². The highest BCUT2D eigenvalue weighted by atomic mass is 35.5. The van der Waals surface area contributed by atoms with Crippen molar-refractivity contribution in [3.63, 3.8) is 0 Å². The summed E-state index contributed by atoms with van der Waals surface area (Å²) in [6.45, 7) is 0.497. The van der Waals surface area contributed by atoms with E-state index in [0.717, 1.165) is 5.57 Å². The average molecular weight is 268 g/mol. The molecule has 2 N–H and O–H groups in total. The topological polar surface area (TPSA) is 26.0 Å². The first kappa shape index (κ1) is 13.6. The predicted molar refractivity (Wildman–Crippen MR) is 75.0 cm³/mol. The standard InChI is InChI=1S/C15H19ClFN/c16-14-6-7-15(17)12(9-14)8-13(10-18)11-4-2-1-3-5-11/h6-9,11H,1-5,10,18H2/b13-8-. The number of benzene rings is 1. The van der Waals surface area contributed by atoms with Gasteiger partial charge in [-0.25, -0.2) is 4.39 Å². The van der Waals surface area contributed by atoms with Gasteiger partial charge in [0.25, 0.3) is 0 Å². The first-order valence-electron chi connectivity index (χ1n) is 6.56. The average Bonchev–Trinajstić information content (AvgIpc) is 2.41. The molecule has 1 saturated carbocycles. The lowest BCUT2D eigenvalue weighted by atomic mass is 9.83.